The summed E-state index contributed by atoms with van der Waals surface area (Å²) in [5.74, 6) is 0. The first-order chi connectivity index (χ1) is 4.74. The van der Waals surface area contributed by atoms with Crippen LogP contribution in [0.4, 0.5) is 0 Å². The van der Waals surface area contributed by atoms with Crippen LogP contribution in [0.25, 0.3) is 0 Å². The lowest BCUT2D eigenvalue weighted by Crippen LogP contribution is -1.82. The minimum atomic E-state index is 0.159. The van der Waals surface area contributed by atoms with Gasteiger partial charge in [0.2, 0.25) is 0 Å². The zero-order chi connectivity index (χ0) is 7.56. The molecule has 1 N–H and O–H groups in total. The minimum absolute atomic E-state index is 0.159. The van der Waals surface area contributed by atoms with Gasteiger partial charge in [0.1, 0.15) is 6.54 Å². The van der Waals surface area contributed by atoms with Gasteiger partial charge in [0.15, 0.2) is 0 Å². The van der Waals surface area contributed by atoms with Crippen LogP contribution in [0.15, 0.2) is 28.3 Å². The van der Waals surface area contributed by atoms with Gasteiger partial charge >= 0.3 is 0 Å². The second-order valence-electron chi connectivity index (χ2n) is 1.85. The molecule has 0 saturated carbocycles. The van der Waals surface area contributed by atoms with Crippen LogP contribution in [-0.2, 0) is 0 Å². The summed E-state index contributed by atoms with van der Waals surface area (Å²) in [5, 5.41) is 10.4. The van der Waals surface area contributed by atoms with Crippen molar-refractivity contribution < 1.29 is 0 Å². The lowest BCUT2D eigenvalue weighted by atomic mass is 10.3. The highest BCUT2D eigenvalue weighted by atomic mass is 32.2. The van der Waals surface area contributed by atoms with Crippen LogP contribution < -0.4 is 0 Å². The first-order valence-electron chi connectivity index (χ1n) is 2.69. The molecule has 0 aromatic rings. The molecule has 0 bridgehead atoms. The van der Waals surface area contributed by atoms with Crippen LogP contribution in [0.2, 0.25) is 0 Å². The van der Waals surface area contributed by atoms with Crippen LogP contribution in [0.1, 0.15) is 0 Å². The number of nitrogens with zero attached hydrogens (tertiary/aromatic N) is 1. The maximum absolute atomic E-state index is 9.77. The molecule has 0 atom stereocenters. The Labute approximate surface area is 62.7 Å². The van der Waals surface area contributed by atoms with Gasteiger partial charge in [-0.05, 0) is 11.6 Å². The van der Waals surface area contributed by atoms with Gasteiger partial charge in [-0.1, -0.05) is 23.5 Å². The average Bonchev–Trinajstić information content (AvgIpc) is 2.14. The Kier molecular flexibility index (Phi) is 2.01. The van der Waals surface area contributed by atoms with Crippen LogP contribution in [0.5, 0.6) is 0 Å². The molecule has 0 spiro atoms. The smallest absolute Gasteiger partial charge is 0.112 e. The summed E-state index contributed by atoms with van der Waals surface area (Å²) in [6, 6.07) is 0. The van der Waals surface area contributed by atoms with Gasteiger partial charge in [-0.25, -0.2) is 0 Å². The normalized spacial score (nSPS) is 17.4. The Morgan fingerprint density at radius 1 is 1.80 bits per heavy atom. The van der Waals surface area contributed by atoms with E-state index in [1.54, 1.807) is 6.08 Å². The van der Waals surface area contributed by atoms with Crippen molar-refractivity contribution in [3.8, 4) is 0 Å². The summed E-state index contributed by atoms with van der Waals surface area (Å²) >= 11 is 1.25. The molecule has 10 heavy (non-hydrogen) atoms. The quantitative estimate of drug-likeness (QED) is 0.618. The predicted molar refractivity (Wildman–Crippen MR) is 43.2 cm³/mol. The maximum Gasteiger partial charge on any atom is 0.112 e. The van der Waals surface area contributed by atoms with Crippen molar-refractivity contribution >= 4 is 16.8 Å². The Morgan fingerprint density at radius 2 is 2.50 bits per heavy atom. The molecule has 1 aliphatic heterocycles. The van der Waals surface area contributed by atoms with E-state index >= 15 is 0 Å². The molecule has 52 valence electrons. The van der Waals surface area contributed by atoms with Gasteiger partial charge in [0.05, 0.1) is 5.04 Å². The fourth-order valence-electron chi connectivity index (χ4n) is 0.628. The summed E-state index contributed by atoms with van der Waals surface area (Å²) in [5.41, 5.74) is 0.670. The number of thioether (sulfide) groups is 1. The first kappa shape index (κ1) is 7.21. The van der Waals surface area contributed by atoms with Crippen LogP contribution in [-0.4, -0.2) is 11.6 Å². The van der Waals surface area contributed by atoms with E-state index in [9.17, 15) is 4.91 Å². The van der Waals surface area contributed by atoms with Crippen molar-refractivity contribution in [3.63, 3.8) is 0 Å². The van der Waals surface area contributed by atoms with Crippen LogP contribution in [0, 0.1) is 10.3 Å². The molecule has 0 amide bonds. The highest BCUT2D eigenvalue weighted by Crippen LogP contribution is 2.29. The molecule has 0 aromatic heterocycles. The van der Waals surface area contributed by atoms with E-state index in [1.165, 1.54) is 11.8 Å². The lowest BCUT2D eigenvalue weighted by molar-refractivity contribution is 1.21. The zero-order valence-corrected chi connectivity index (χ0v) is 6.07. The second kappa shape index (κ2) is 2.79. The SMILES string of the molecule is C=C1C=C(CN=O)SC1=N. The fourth-order valence-corrected chi connectivity index (χ4v) is 1.40. The summed E-state index contributed by atoms with van der Waals surface area (Å²) in [6.45, 7) is 3.76. The monoisotopic (exact) mass is 154 g/mol. The molecule has 0 radical (unpaired) electrons. The maximum atomic E-state index is 9.77. The first-order valence-corrected chi connectivity index (χ1v) is 3.51. The van der Waals surface area contributed by atoms with E-state index in [0.717, 1.165) is 4.91 Å². The highest BCUT2D eigenvalue weighted by Gasteiger charge is 2.13. The Balaban J connectivity index is 2.67. The standard InChI is InChI=1S/C6H6N2OS/c1-4-2-5(3-8-9)10-6(4)7/h2,7H,1,3H2. The van der Waals surface area contributed by atoms with Gasteiger partial charge in [0.25, 0.3) is 0 Å². The number of nitrogens with one attached hydrogen (secondary N) is 1. The Bertz CT molecular complexity index is 232. The summed E-state index contributed by atoms with van der Waals surface area (Å²) in [7, 11) is 0. The van der Waals surface area contributed by atoms with Crippen molar-refractivity contribution in [2.24, 2.45) is 5.18 Å². The molecule has 1 heterocycles. The molecule has 1 aliphatic rings. The number of hydrogen-bond donors (Lipinski definition) is 1. The molecular weight excluding hydrogens is 148 g/mol. The van der Waals surface area contributed by atoms with Crippen LogP contribution in [0.3, 0.4) is 0 Å². The molecule has 1 rings (SSSR count). The average molecular weight is 154 g/mol. The van der Waals surface area contributed by atoms with Crippen molar-refractivity contribution in [1.29, 1.82) is 5.41 Å². The van der Waals surface area contributed by atoms with Crippen molar-refractivity contribution in [2.75, 3.05) is 6.54 Å². The molecular formula is C6H6N2OS. The van der Waals surface area contributed by atoms with Gasteiger partial charge in [-0.15, -0.1) is 0 Å². The topological polar surface area (TPSA) is 53.3 Å². The molecule has 4 heteroatoms. The van der Waals surface area contributed by atoms with E-state index in [-0.39, 0.29) is 6.54 Å². The number of nitroso groups, excluding NO2 is 1. The van der Waals surface area contributed by atoms with Gasteiger partial charge in [-0.3, -0.25) is 5.41 Å². The zero-order valence-electron chi connectivity index (χ0n) is 5.26. The molecule has 0 aromatic carbocycles. The summed E-state index contributed by atoms with van der Waals surface area (Å²) in [6.07, 6.45) is 1.72. The van der Waals surface area contributed by atoms with Crippen LogP contribution >= 0.6 is 11.8 Å². The van der Waals surface area contributed by atoms with Crippen molar-refractivity contribution in [1.82, 2.24) is 0 Å². The predicted octanol–water partition coefficient (Wildman–Crippen LogP) is 1.92. The highest BCUT2D eigenvalue weighted by molar-refractivity contribution is 8.18. The summed E-state index contributed by atoms with van der Waals surface area (Å²) in [4.78, 5) is 10.6. The second-order valence-corrected chi connectivity index (χ2v) is 2.99. The van der Waals surface area contributed by atoms with Gasteiger partial charge < -0.3 is 0 Å². The largest absolute Gasteiger partial charge is 0.293 e. The molecule has 0 fully saturated rings. The van der Waals surface area contributed by atoms with E-state index in [4.69, 9.17) is 5.41 Å². The lowest BCUT2D eigenvalue weighted by Gasteiger charge is -1.89. The van der Waals surface area contributed by atoms with E-state index in [0.29, 0.717) is 10.6 Å². The molecule has 0 unspecified atom stereocenters. The van der Waals surface area contributed by atoms with Gasteiger partial charge in [-0.2, -0.15) is 4.91 Å². The van der Waals surface area contributed by atoms with E-state index < -0.39 is 0 Å². The third kappa shape index (κ3) is 1.33. The van der Waals surface area contributed by atoms with E-state index in [1.807, 2.05) is 0 Å². The number of allylic oxidation sites excluding steroid dienone is 1. The minimum Gasteiger partial charge on any atom is -0.293 e. The number of rotatable bonds is 2. The molecule has 0 saturated heterocycles. The summed E-state index contributed by atoms with van der Waals surface area (Å²) < 4.78 is 0. The Morgan fingerprint density at radius 3 is 2.90 bits per heavy atom. The Hall–Kier alpha value is -0.900. The number of hydrogen-bond acceptors (Lipinski definition) is 4. The van der Waals surface area contributed by atoms with Crippen molar-refractivity contribution in [2.45, 2.75) is 0 Å². The van der Waals surface area contributed by atoms with Gasteiger partial charge in [0, 0.05) is 4.91 Å². The molecule has 3 nitrogen and oxygen atoms in total. The molecule has 0 aliphatic carbocycles. The van der Waals surface area contributed by atoms with Crippen molar-refractivity contribution in [3.05, 3.63) is 28.0 Å². The third-order valence-electron chi connectivity index (χ3n) is 1.08. The van der Waals surface area contributed by atoms with E-state index in [2.05, 4.69) is 11.8 Å². The fraction of sp³-hybridized carbons (Fsp3) is 0.167. The third-order valence-corrected chi connectivity index (χ3v) is 2.06.